The molecule has 1 atom stereocenters. The van der Waals surface area contributed by atoms with Crippen LogP contribution in [0.15, 0.2) is 52.9 Å². The second kappa shape index (κ2) is 12.5. The highest BCUT2D eigenvalue weighted by atomic mass is 32.1. The van der Waals surface area contributed by atoms with Crippen LogP contribution in [0.2, 0.25) is 0 Å². The van der Waals surface area contributed by atoms with Crippen molar-refractivity contribution in [2.75, 3.05) is 32.7 Å². The van der Waals surface area contributed by atoms with E-state index >= 15 is 0 Å². The molecular formula is C38H36N6O4S. The Morgan fingerprint density at radius 3 is 2.39 bits per heavy atom. The van der Waals surface area contributed by atoms with E-state index in [0.29, 0.717) is 68.2 Å². The van der Waals surface area contributed by atoms with Gasteiger partial charge in [-0.25, -0.2) is 9.97 Å². The molecule has 0 unspecified atom stereocenters. The van der Waals surface area contributed by atoms with Crippen molar-refractivity contribution in [3.63, 3.8) is 0 Å². The molecule has 5 aromatic rings. The summed E-state index contributed by atoms with van der Waals surface area (Å²) in [6.07, 6.45) is 1.80. The highest BCUT2D eigenvalue weighted by molar-refractivity contribution is 7.15. The SMILES string of the molecule is Cc1c(-c2nc3cc(CN4CC[C@@H](C(=O)O)C4)cc(C#N)c3o2)cccc1-c1cccc(-c2nc3c(s2)CN(C(=O)CN2CCC2)C3)c1C. The molecule has 3 aromatic carbocycles. The molecule has 0 saturated carbocycles. The molecule has 2 aromatic heterocycles. The highest BCUT2D eigenvalue weighted by Crippen LogP contribution is 2.40. The molecule has 1 amide bonds. The maximum absolute atomic E-state index is 12.8. The summed E-state index contributed by atoms with van der Waals surface area (Å²) < 4.78 is 6.27. The number of amides is 1. The molecule has 0 bridgehead atoms. The third kappa shape index (κ3) is 5.80. The lowest BCUT2D eigenvalue weighted by atomic mass is 9.91. The van der Waals surface area contributed by atoms with E-state index in [9.17, 15) is 20.0 Å². The zero-order valence-corrected chi connectivity index (χ0v) is 28.3. The van der Waals surface area contributed by atoms with Gasteiger partial charge in [-0.3, -0.25) is 19.4 Å². The number of benzene rings is 3. The van der Waals surface area contributed by atoms with E-state index in [1.807, 2.05) is 29.2 Å². The summed E-state index contributed by atoms with van der Waals surface area (Å²) in [7, 11) is 0. The van der Waals surface area contributed by atoms with Crippen LogP contribution in [0.25, 0.3) is 44.3 Å². The molecule has 3 aliphatic rings. The first-order valence-corrected chi connectivity index (χ1v) is 17.5. The summed E-state index contributed by atoms with van der Waals surface area (Å²) in [5.41, 5.74) is 9.62. The molecule has 2 fully saturated rings. The number of nitrogens with zero attached hydrogens (tertiary/aromatic N) is 6. The summed E-state index contributed by atoms with van der Waals surface area (Å²) >= 11 is 1.68. The van der Waals surface area contributed by atoms with Gasteiger partial charge >= 0.3 is 5.97 Å². The zero-order valence-electron chi connectivity index (χ0n) is 27.5. The largest absolute Gasteiger partial charge is 0.481 e. The molecule has 0 aliphatic carbocycles. The van der Waals surface area contributed by atoms with E-state index in [1.54, 1.807) is 11.3 Å². The van der Waals surface area contributed by atoms with E-state index in [4.69, 9.17) is 14.4 Å². The molecule has 8 rings (SSSR count). The number of aliphatic carboxylic acids is 1. The number of thiazole rings is 1. The van der Waals surface area contributed by atoms with Crippen LogP contribution in [0.1, 0.15) is 45.7 Å². The van der Waals surface area contributed by atoms with Crippen LogP contribution < -0.4 is 0 Å². The molecule has 0 radical (unpaired) electrons. The van der Waals surface area contributed by atoms with Crippen LogP contribution in [-0.2, 0) is 29.2 Å². The van der Waals surface area contributed by atoms with Gasteiger partial charge in [0.15, 0.2) is 5.58 Å². The molecule has 49 heavy (non-hydrogen) atoms. The number of fused-ring (bicyclic) bond motifs is 2. The van der Waals surface area contributed by atoms with Crippen molar-refractivity contribution in [2.45, 2.75) is 46.3 Å². The minimum atomic E-state index is -0.763. The molecule has 1 N–H and O–H groups in total. The normalized spacial score (nSPS) is 17.7. The number of rotatable bonds is 8. The quantitative estimate of drug-likeness (QED) is 0.204. The number of oxazole rings is 1. The predicted molar refractivity (Wildman–Crippen MR) is 187 cm³/mol. The number of carboxylic acids is 1. The smallest absolute Gasteiger partial charge is 0.307 e. The molecule has 10 nitrogen and oxygen atoms in total. The minimum absolute atomic E-state index is 0.181. The molecule has 3 aliphatic heterocycles. The van der Waals surface area contributed by atoms with Crippen LogP contribution in [0.4, 0.5) is 0 Å². The monoisotopic (exact) mass is 672 g/mol. The third-order valence-corrected chi connectivity index (χ3v) is 11.3. The number of hydrogen-bond acceptors (Lipinski definition) is 9. The van der Waals surface area contributed by atoms with Crippen molar-refractivity contribution >= 4 is 34.3 Å². The second-order valence-electron chi connectivity index (χ2n) is 13.4. The summed E-state index contributed by atoms with van der Waals surface area (Å²) in [5, 5.41) is 20.3. The van der Waals surface area contributed by atoms with Gasteiger partial charge in [-0.1, -0.05) is 30.3 Å². The lowest BCUT2D eigenvalue weighted by Gasteiger charge is -2.31. The van der Waals surface area contributed by atoms with Crippen LogP contribution in [0.3, 0.4) is 0 Å². The first-order chi connectivity index (χ1) is 23.7. The summed E-state index contributed by atoms with van der Waals surface area (Å²) in [4.78, 5) is 41.5. The topological polar surface area (TPSA) is 127 Å². The molecule has 11 heteroatoms. The van der Waals surface area contributed by atoms with Crippen LogP contribution in [0.5, 0.6) is 0 Å². The number of carboxylic acid groups (broad SMARTS) is 1. The Kier molecular flexibility index (Phi) is 8.02. The van der Waals surface area contributed by atoms with Crippen molar-refractivity contribution in [2.24, 2.45) is 5.92 Å². The zero-order chi connectivity index (χ0) is 33.8. The Morgan fingerprint density at radius 2 is 1.71 bits per heavy atom. The van der Waals surface area contributed by atoms with Gasteiger partial charge < -0.3 is 14.4 Å². The first-order valence-electron chi connectivity index (χ1n) is 16.7. The summed E-state index contributed by atoms with van der Waals surface area (Å²) in [5.74, 6) is -0.488. The Hall–Kier alpha value is -4.89. The van der Waals surface area contributed by atoms with Gasteiger partial charge in [-0.05, 0) is 92.3 Å². The van der Waals surface area contributed by atoms with Gasteiger partial charge in [0.1, 0.15) is 16.6 Å². The Bertz CT molecular complexity index is 2150. The Labute approximate surface area is 288 Å². The Balaban J connectivity index is 1.06. The molecule has 5 heterocycles. The highest BCUT2D eigenvalue weighted by Gasteiger charge is 2.30. The van der Waals surface area contributed by atoms with Gasteiger partial charge in [0.05, 0.1) is 36.8 Å². The maximum atomic E-state index is 12.8. The van der Waals surface area contributed by atoms with E-state index in [2.05, 4.69) is 54.0 Å². The van der Waals surface area contributed by atoms with E-state index in [-0.39, 0.29) is 11.8 Å². The number of aromatic nitrogens is 2. The number of hydrogen-bond donors (Lipinski definition) is 1. The number of likely N-dealkylation sites (tertiary alicyclic amines) is 2. The lowest BCUT2D eigenvalue weighted by molar-refractivity contribution is -0.141. The third-order valence-electron chi connectivity index (χ3n) is 10.2. The number of carbonyl (C=O) groups excluding carboxylic acids is 1. The van der Waals surface area contributed by atoms with E-state index in [0.717, 1.165) is 67.6 Å². The van der Waals surface area contributed by atoms with Gasteiger partial charge in [0, 0.05) is 29.1 Å². The minimum Gasteiger partial charge on any atom is -0.481 e. The predicted octanol–water partition coefficient (Wildman–Crippen LogP) is 6.23. The maximum Gasteiger partial charge on any atom is 0.307 e. The number of nitriles is 1. The van der Waals surface area contributed by atoms with Gasteiger partial charge in [-0.15, -0.1) is 11.3 Å². The van der Waals surface area contributed by atoms with Gasteiger partial charge in [0.2, 0.25) is 11.8 Å². The Morgan fingerprint density at radius 1 is 0.980 bits per heavy atom. The fourth-order valence-corrected chi connectivity index (χ4v) is 8.47. The van der Waals surface area contributed by atoms with Crippen molar-refractivity contribution in [1.29, 1.82) is 5.26 Å². The van der Waals surface area contributed by atoms with Crippen LogP contribution in [0, 0.1) is 31.1 Å². The summed E-state index contributed by atoms with van der Waals surface area (Å²) in [6.45, 7) is 9.67. The average molecular weight is 673 g/mol. The fraction of sp³-hybridized carbons (Fsp3) is 0.342. The average Bonchev–Trinajstić information content (AvgIpc) is 3.86. The van der Waals surface area contributed by atoms with Crippen molar-refractivity contribution < 1.29 is 19.1 Å². The summed E-state index contributed by atoms with van der Waals surface area (Å²) in [6, 6.07) is 18.4. The molecule has 0 spiro atoms. The second-order valence-corrected chi connectivity index (χ2v) is 14.5. The fourth-order valence-electron chi connectivity index (χ4n) is 7.30. The van der Waals surface area contributed by atoms with Crippen molar-refractivity contribution in [3.05, 3.63) is 81.4 Å². The lowest BCUT2D eigenvalue weighted by Crippen LogP contribution is -2.44. The number of carbonyl (C=O) groups is 2. The standard InChI is InChI=1S/C38H36N6O4S/c1-22-27(28-7-4-9-30(23(28)2)37-41-32-19-44(20-33(32)49-37)34(45)21-42-11-5-12-42)6-3-8-29(22)36-40-31-15-24(14-26(16-39)35(31)48-36)17-43-13-10-25(18-43)38(46)47/h3-4,6-9,14-15,25H,5,10-13,17-21H2,1-2H3,(H,46,47)/t25-/m1/s1. The molecule has 248 valence electrons. The van der Waals surface area contributed by atoms with Gasteiger partial charge in [-0.2, -0.15) is 5.26 Å². The van der Waals surface area contributed by atoms with E-state index < -0.39 is 5.97 Å². The van der Waals surface area contributed by atoms with Crippen LogP contribution >= 0.6 is 11.3 Å². The molecule has 2 saturated heterocycles. The molecular weight excluding hydrogens is 637 g/mol. The van der Waals surface area contributed by atoms with Crippen molar-refractivity contribution in [3.8, 4) is 39.2 Å². The van der Waals surface area contributed by atoms with Crippen LogP contribution in [-0.4, -0.2) is 74.4 Å². The first kappa shape index (κ1) is 31.4. The van der Waals surface area contributed by atoms with E-state index in [1.165, 1.54) is 6.42 Å². The van der Waals surface area contributed by atoms with Crippen molar-refractivity contribution in [1.82, 2.24) is 24.7 Å². The van der Waals surface area contributed by atoms with Gasteiger partial charge in [0.25, 0.3) is 0 Å².